The molecule has 1 fully saturated rings. The number of fused-ring (bicyclic) bond motifs is 1. The second-order valence-corrected chi connectivity index (χ2v) is 6.88. The van der Waals surface area contributed by atoms with Crippen molar-refractivity contribution in [2.45, 2.75) is 13.3 Å². The fourth-order valence-electron chi connectivity index (χ4n) is 3.19. The molecule has 132 valence electrons. The Hall–Kier alpha value is -2.86. The maximum Gasteiger partial charge on any atom is 0.227 e. The zero-order chi connectivity index (χ0) is 18.4. The predicted octanol–water partition coefficient (Wildman–Crippen LogP) is 3.29. The SMILES string of the molecule is Cc1ccc(-c2nc3cc(Cl)ccc3o2)cc1N1C[C@H](C(N)=O)CC1=O. The average molecular weight is 370 g/mol. The van der Waals surface area contributed by atoms with Crippen LogP contribution in [0.2, 0.25) is 5.02 Å². The molecule has 6 nitrogen and oxygen atoms in total. The van der Waals surface area contributed by atoms with Crippen LogP contribution in [0.1, 0.15) is 12.0 Å². The highest BCUT2D eigenvalue weighted by Crippen LogP contribution is 2.33. The summed E-state index contributed by atoms with van der Waals surface area (Å²) in [5.41, 5.74) is 9.06. The summed E-state index contributed by atoms with van der Waals surface area (Å²) < 4.78 is 5.81. The topological polar surface area (TPSA) is 89.4 Å². The monoisotopic (exact) mass is 369 g/mol. The molecule has 3 aromatic rings. The molecule has 4 rings (SSSR count). The molecule has 0 bridgehead atoms. The Morgan fingerprint density at radius 1 is 1.31 bits per heavy atom. The number of aryl methyl sites for hydroxylation is 1. The number of anilines is 1. The van der Waals surface area contributed by atoms with E-state index < -0.39 is 11.8 Å². The number of primary amides is 1. The Bertz CT molecular complexity index is 1040. The normalized spacial score (nSPS) is 17.2. The Kier molecular flexibility index (Phi) is 3.92. The fourth-order valence-corrected chi connectivity index (χ4v) is 3.35. The number of nitrogens with zero attached hydrogens (tertiary/aromatic N) is 2. The van der Waals surface area contributed by atoms with Gasteiger partial charge in [0.1, 0.15) is 5.52 Å². The third-order valence-corrected chi connectivity index (χ3v) is 4.86. The van der Waals surface area contributed by atoms with Crippen molar-refractivity contribution in [3.63, 3.8) is 0 Å². The van der Waals surface area contributed by atoms with Crippen LogP contribution in [-0.2, 0) is 9.59 Å². The zero-order valence-electron chi connectivity index (χ0n) is 14.0. The van der Waals surface area contributed by atoms with E-state index in [4.69, 9.17) is 21.8 Å². The van der Waals surface area contributed by atoms with Crippen molar-refractivity contribution < 1.29 is 14.0 Å². The van der Waals surface area contributed by atoms with Gasteiger partial charge in [-0.15, -0.1) is 0 Å². The van der Waals surface area contributed by atoms with Gasteiger partial charge in [0, 0.05) is 29.2 Å². The summed E-state index contributed by atoms with van der Waals surface area (Å²) in [5.74, 6) is -0.581. The van der Waals surface area contributed by atoms with Crippen LogP contribution in [0, 0.1) is 12.8 Å². The second-order valence-electron chi connectivity index (χ2n) is 6.44. The van der Waals surface area contributed by atoms with Gasteiger partial charge in [-0.3, -0.25) is 9.59 Å². The fraction of sp³-hybridized carbons (Fsp3) is 0.211. The highest BCUT2D eigenvalue weighted by Gasteiger charge is 2.34. The van der Waals surface area contributed by atoms with Crippen molar-refractivity contribution in [2.24, 2.45) is 11.7 Å². The van der Waals surface area contributed by atoms with Crippen molar-refractivity contribution in [3.05, 3.63) is 47.0 Å². The minimum Gasteiger partial charge on any atom is -0.436 e. The van der Waals surface area contributed by atoms with Crippen LogP contribution in [0.3, 0.4) is 0 Å². The summed E-state index contributed by atoms with van der Waals surface area (Å²) in [5, 5.41) is 0.585. The molecular weight excluding hydrogens is 354 g/mol. The molecule has 0 aliphatic carbocycles. The molecule has 2 heterocycles. The van der Waals surface area contributed by atoms with E-state index in [0.29, 0.717) is 28.6 Å². The summed E-state index contributed by atoms with van der Waals surface area (Å²) in [6, 6.07) is 10.9. The molecule has 0 unspecified atom stereocenters. The first-order valence-corrected chi connectivity index (χ1v) is 8.57. The average Bonchev–Trinajstić information content (AvgIpc) is 3.18. The van der Waals surface area contributed by atoms with Gasteiger partial charge in [-0.2, -0.15) is 0 Å². The van der Waals surface area contributed by atoms with Crippen LogP contribution in [0.15, 0.2) is 40.8 Å². The Morgan fingerprint density at radius 2 is 2.12 bits per heavy atom. The van der Waals surface area contributed by atoms with Crippen LogP contribution in [-0.4, -0.2) is 23.3 Å². The number of amides is 2. The third kappa shape index (κ3) is 2.82. The first kappa shape index (κ1) is 16.6. The van der Waals surface area contributed by atoms with Gasteiger partial charge < -0.3 is 15.1 Å². The number of benzene rings is 2. The Balaban J connectivity index is 1.74. The number of aromatic nitrogens is 1. The largest absolute Gasteiger partial charge is 0.436 e. The smallest absolute Gasteiger partial charge is 0.227 e. The lowest BCUT2D eigenvalue weighted by molar-refractivity contribution is -0.123. The maximum atomic E-state index is 12.3. The molecule has 0 saturated carbocycles. The van der Waals surface area contributed by atoms with Crippen LogP contribution in [0.4, 0.5) is 5.69 Å². The minimum absolute atomic E-state index is 0.113. The molecule has 1 aromatic heterocycles. The Labute approximate surface area is 154 Å². The summed E-state index contributed by atoms with van der Waals surface area (Å²) in [4.78, 5) is 29.8. The first-order chi connectivity index (χ1) is 12.4. The lowest BCUT2D eigenvalue weighted by Crippen LogP contribution is -2.28. The predicted molar refractivity (Wildman–Crippen MR) is 98.8 cm³/mol. The molecule has 1 aliphatic rings. The standard InChI is InChI=1S/C19H16ClN3O3/c1-10-2-3-11(19-22-14-8-13(20)4-5-16(14)26-19)6-15(10)23-9-12(18(21)25)7-17(23)24/h2-6,8,12H,7,9H2,1H3,(H2,21,25)/t12-/m1/s1. The van der Waals surface area contributed by atoms with Crippen molar-refractivity contribution >= 4 is 40.2 Å². The summed E-state index contributed by atoms with van der Waals surface area (Å²) in [6.07, 6.45) is 0.139. The quantitative estimate of drug-likeness (QED) is 0.767. The van der Waals surface area contributed by atoms with E-state index in [9.17, 15) is 9.59 Å². The molecule has 1 saturated heterocycles. The van der Waals surface area contributed by atoms with E-state index in [1.54, 1.807) is 23.1 Å². The Morgan fingerprint density at radius 3 is 2.85 bits per heavy atom. The second kappa shape index (κ2) is 6.14. The van der Waals surface area contributed by atoms with Crippen molar-refractivity contribution in [1.82, 2.24) is 4.98 Å². The number of oxazole rings is 1. The van der Waals surface area contributed by atoms with Gasteiger partial charge in [-0.05, 0) is 42.8 Å². The number of hydrogen-bond acceptors (Lipinski definition) is 4. The molecule has 2 aromatic carbocycles. The number of nitrogens with two attached hydrogens (primary N) is 1. The minimum atomic E-state index is -0.461. The third-order valence-electron chi connectivity index (χ3n) is 4.62. The molecule has 1 atom stereocenters. The van der Waals surface area contributed by atoms with Crippen molar-refractivity contribution in [3.8, 4) is 11.5 Å². The summed E-state index contributed by atoms with van der Waals surface area (Å²) >= 11 is 6.00. The van der Waals surface area contributed by atoms with Gasteiger partial charge in [0.15, 0.2) is 5.58 Å². The number of carbonyl (C=O) groups excluding carboxylic acids is 2. The molecule has 1 aliphatic heterocycles. The van der Waals surface area contributed by atoms with E-state index in [1.165, 1.54) is 0 Å². The van der Waals surface area contributed by atoms with E-state index in [-0.39, 0.29) is 12.3 Å². The van der Waals surface area contributed by atoms with Crippen LogP contribution < -0.4 is 10.6 Å². The molecule has 26 heavy (non-hydrogen) atoms. The van der Waals surface area contributed by atoms with E-state index in [2.05, 4.69) is 4.98 Å². The molecule has 2 N–H and O–H groups in total. The molecule has 7 heteroatoms. The molecule has 0 spiro atoms. The number of carbonyl (C=O) groups is 2. The first-order valence-electron chi connectivity index (χ1n) is 8.19. The van der Waals surface area contributed by atoms with Gasteiger partial charge >= 0.3 is 0 Å². The highest BCUT2D eigenvalue weighted by molar-refractivity contribution is 6.31. The van der Waals surface area contributed by atoms with Gasteiger partial charge in [-0.1, -0.05) is 17.7 Å². The van der Waals surface area contributed by atoms with E-state index in [1.807, 2.05) is 25.1 Å². The maximum absolute atomic E-state index is 12.3. The number of halogens is 1. The van der Waals surface area contributed by atoms with Crippen LogP contribution >= 0.6 is 11.6 Å². The molecular formula is C19H16ClN3O3. The van der Waals surface area contributed by atoms with Crippen LogP contribution in [0.25, 0.3) is 22.6 Å². The summed E-state index contributed by atoms with van der Waals surface area (Å²) in [7, 11) is 0. The van der Waals surface area contributed by atoms with Crippen molar-refractivity contribution in [1.29, 1.82) is 0 Å². The van der Waals surface area contributed by atoms with E-state index >= 15 is 0 Å². The summed E-state index contributed by atoms with van der Waals surface area (Å²) in [6.45, 7) is 2.21. The zero-order valence-corrected chi connectivity index (χ0v) is 14.8. The van der Waals surface area contributed by atoms with Crippen LogP contribution in [0.5, 0.6) is 0 Å². The van der Waals surface area contributed by atoms with Gasteiger partial charge in [0.2, 0.25) is 17.7 Å². The number of hydrogen-bond donors (Lipinski definition) is 1. The van der Waals surface area contributed by atoms with Gasteiger partial charge in [-0.25, -0.2) is 4.98 Å². The van der Waals surface area contributed by atoms with E-state index in [0.717, 1.165) is 16.8 Å². The van der Waals surface area contributed by atoms with Gasteiger partial charge in [0.25, 0.3) is 0 Å². The lowest BCUT2D eigenvalue weighted by atomic mass is 10.1. The van der Waals surface area contributed by atoms with Gasteiger partial charge in [0.05, 0.1) is 5.92 Å². The highest BCUT2D eigenvalue weighted by atomic mass is 35.5. The molecule has 0 radical (unpaired) electrons. The lowest BCUT2D eigenvalue weighted by Gasteiger charge is -2.19. The number of rotatable bonds is 3. The molecule has 2 amide bonds. The van der Waals surface area contributed by atoms with Crippen molar-refractivity contribution in [2.75, 3.05) is 11.4 Å².